The lowest BCUT2D eigenvalue weighted by molar-refractivity contribution is -0.147. The number of carbonyl (C=O) groups excluding carboxylic acids is 1. The summed E-state index contributed by atoms with van der Waals surface area (Å²) < 4.78 is 4.81. The first-order valence-corrected chi connectivity index (χ1v) is 7.82. The van der Waals surface area contributed by atoms with Crippen LogP contribution in [0.1, 0.15) is 60.8 Å². The fourth-order valence-corrected chi connectivity index (χ4v) is 2.92. The van der Waals surface area contributed by atoms with Crippen LogP contribution in [0.25, 0.3) is 0 Å². The predicted molar refractivity (Wildman–Crippen MR) is 84.6 cm³/mol. The average molecular weight is 286 g/mol. The van der Waals surface area contributed by atoms with Crippen molar-refractivity contribution in [1.29, 1.82) is 0 Å². The van der Waals surface area contributed by atoms with Crippen LogP contribution in [0.5, 0.6) is 0 Å². The van der Waals surface area contributed by atoms with Gasteiger partial charge in [0.25, 0.3) is 0 Å². The van der Waals surface area contributed by atoms with E-state index in [9.17, 15) is 4.79 Å². The Morgan fingerprint density at radius 3 is 2.10 bits per heavy atom. The minimum absolute atomic E-state index is 0.261. The number of esters is 1. The molecule has 2 N–H and O–H groups in total. The molecule has 4 heteroatoms. The Labute approximate surface area is 125 Å². The number of hydrogen-bond acceptors (Lipinski definition) is 4. The average Bonchev–Trinajstić information content (AvgIpc) is 2.36. The lowest BCUT2D eigenvalue weighted by atomic mass is 9.92. The summed E-state index contributed by atoms with van der Waals surface area (Å²) in [5, 5.41) is 0. The summed E-state index contributed by atoms with van der Waals surface area (Å²) in [5.74, 6) is 0.263. The van der Waals surface area contributed by atoms with Crippen molar-refractivity contribution in [2.24, 2.45) is 11.7 Å². The maximum atomic E-state index is 11.8. The Bertz CT molecular complexity index is 286. The molecule has 0 saturated carbocycles. The smallest absolute Gasteiger partial charge is 0.325 e. The number of ether oxygens (including phenoxy) is 1. The Hall–Kier alpha value is -0.610. The van der Waals surface area contributed by atoms with Crippen LogP contribution in [0.15, 0.2) is 0 Å². The van der Waals surface area contributed by atoms with Gasteiger partial charge in [-0.15, -0.1) is 0 Å². The molecule has 0 aromatic heterocycles. The Kier molecular flexibility index (Phi) is 8.36. The van der Waals surface area contributed by atoms with Crippen molar-refractivity contribution in [2.45, 2.75) is 78.4 Å². The van der Waals surface area contributed by atoms with Crippen LogP contribution in [0.4, 0.5) is 0 Å². The molecule has 0 amide bonds. The second-order valence-corrected chi connectivity index (χ2v) is 6.52. The molecule has 0 aliphatic heterocycles. The molecule has 0 bridgehead atoms. The monoisotopic (exact) mass is 286 g/mol. The molecule has 0 aromatic rings. The highest BCUT2D eigenvalue weighted by molar-refractivity contribution is 5.79. The molecule has 0 fully saturated rings. The maximum absolute atomic E-state index is 11.8. The third kappa shape index (κ3) is 5.80. The lowest BCUT2D eigenvalue weighted by Gasteiger charge is -2.39. The number of methoxy groups -OCH3 is 1. The van der Waals surface area contributed by atoms with Crippen molar-refractivity contribution >= 4 is 5.97 Å². The van der Waals surface area contributed by atoms with E-state index in [-0.39, 0.29) is 12.0 Å². The van der Waals surface area contributed by atoms with E-state index in [0.717, 1.165) is 19.4 Å². The summed E-state index contributed by atoms with van der Waals surface area (Å²) in [5.41, 5.74) is 5.20. The molecule has 120 valence electrons. The van der Waals surface area contributed by atoms with Gasteiger partial charge in [0, 0.05) is 18.6 Å². The summed E-state index contributed by atoms with van der Waals surface area (Å²) in [7, 11) is 1.39. The van der Waals surface area contributed by atoms with Gasteiger partial charge in [0.15, 0.2) is 0 Å². The first-order valence-electron chi connectivity index (χ1n) is 7.82. The van der Waals surface area contributed by atoms with Crippen molar-refractivity contribution < 1.29 is 9.53 Å². The molecule has 2 unspecified atom stereocenters. The Balaban J connectivity index is 4.94. The summed E-state index contributed by atoms with van der Waals surface area (Å²) in [6.07, 6.45) is 2.85. The highest BCUT2D eigenvalue weighted by Crippen LogP contribution is 2.21. The number of carbonyl (C=O) groups is 1. The summed E-state index contributed by atoms with van der Waals surface area (Å²) >= 11 is 0. The van der Waals surface area contributed by atoms with Gasteiger partial charge < -0.3 is 10.5 Å². The summed E-state index contributed by atoms with van der Waals surface area (Å²) in [6.45, 7) is 13.8. The van der Waals surface area contributed by atoms with Crippen molar-refractivity contribution in [3.05, 3.63) is 0 Å². The van der Waals surface area contributed by atoms with Crippen molar-refractivity contribution in [3.63, 3.8) is 0 Å². The number of nitrogens with two attached hydrogens (primary N) is 1. The minimum atomic E-state index is -0.921. The third-order valence-corrected chi connectivity index (χ3v) is 3.92. The van der Waals surface area contributed by atoms with Gasteiger partial charge >= 0.3 is 5.97 Å². The molecular formula is C16H34N2O2. The van der Waals surface area contributed by atoms with Crippen molar-refractivity contribution in [3.8, 4) is 0 Å². The molecule has 2 atom stereocenters. The molecule has 4 nitrogen and oxygen atoms in total. The zero-order chi connectivity index (χ0) is 15.9. The van der Waals surface area contributed by atoms with Crippen LogP contribution in [0.2, 0.25) is 0 Å². The van der Waals surface area contributed by atoms with E-state index >= 15 is 0 Å². The topological polar surface area (TPSA) is 55.6 Å². The second kappa shape index (κ2) is 8.63. The zero-order valence-corrected chi connectivity index (χ0v) is 14.4. The maximum Gasteiger partial charge on any atom is 0.325 e. The van der Waals surface area contributed by atoms with E-state index in [1.807, 2.05) is 0 Å². The molecule has 0 heterocycles. The first-order chi connectivity index (χ1) is 9.19. The highest BCUT2D eigenvalue weighted by Gasteiger charge is 2.34. The molecule has 0 rings (SSSR count). The molecular weight excluding hydrogens is 252 g/mol. The normalized spacial score (nSPS) is 16.6. The van der Waals surface area contributed by atoms with E-state index in [1.165, 1.54) is 7.11 Å². The Morgan fingerprint density at radius 1 is 1.25 bits per heavy atom. The number of hydrogen-bond donors (Lipinski definition) is 1. The van der Waals surface area contributed by atoms with Crippen LogP contribution in [-0.2, 0) is 9.53 Å². The molecule has 20 heavy (non-hydrogen) atoms. The summed E-state index contributed by atoms with van der Waals surface area (Å²) in [4.78, 5) is 14.3. The van der Waals surface area contributed by atoms with Crippen molar-refractivity contribution in [2.75, 3.05) is 13.7 Å². The third-order valence-electron chi connectivity index (χ3n) is 3.92. The van der Waals surface area contributed by atoms with Crippen LogP contribution < -0.4 is 5.73 Å². The van der Waals surface area contributed by atoms with E-state index in [2.05, 4.69) is 39.5 Å². The quantitative estimate of drug-likeness (QED) is 0.662. The molecule has 0 aromatic carbocycles. The fourth-order valence-electron chi connectivity index (χ4n) is 2.92. The molecule has 0 aliphatic carbocycles. The van der Waals surface area contributed by atoms with Crippen LogP contribution >= 0.6 is 0 Å². The van der Waals surface area contributed by atoms with Gasteiger partial charge in [0.1, 0.15) is 5.54 Å². The van der Waals surface area contributed by atoms with E-state index < -0.39 is 5.54 Å². The number of nitrogens with zero attached hydrogens (tertiary/aromatic N) is 1. The zero-order valence-electron chi connectivity index (χ0n) is 14.4. The van der Waals surface area contributed by atoms with Gasteiger partial charge in [-0.1, -0.05) is 27.7 Å². The van der Waals surface area contributed by atoms with Crippen LogP contribution in [-0.4, -0.2) is 42.1 Å². The Morgan fingerprint density at radius 2 is 1.75 bits per heavy atom. The molecule has 0 spiro atoms. The second-order valence-electron chi connectivity index (χ2n) is 6.52. The van der Waals surface area contributed by atoms with Gasteiger partial charge in [0.2, 0.25) is 0 Å². The highest BCUT2D eigenvalue weighted by atomic mass is 16.5. The van der Waals surface area contributed by atoms with Gasteiger partial charge in [-0.25, -0.2) is 0 Å². The molecule has 0 radical (unpaired) electrons. The SMILES string of the molecule is CCC(CC)N(CC(C)C)C(C)CC(C)(N)C(=O)OC. The van der Waals surface area contributed by atoms with E-state index in [4.69, 9.17) is 10.5 Å². The first kappa shape index (κ1) is 19.4. The van der Waals surface area contributed by atoms with Gasteiger partial charge in [-0.2, -0.15) is 0 Å². The van der Waals surface area contributed by atoms with Gasteiger partial charge in [0.05, 0.1) is 7.11 Å². The largest absolute Gasteiger partial charge is 0.468 e. The molecule has 0 saturated heterocycles. The van der Waals surface area contributed by atoms with Crippen LogP contribution in [0, 0.1) is 5.92 Å². The summed E-state index contributed by atoms with van der Waals surface area (Å²) in [6, 6.07) is 0.803. The van der Waals surface area contributed by atoms with Gasteiger partial charge in [-0.05, 0) is 39.0 Å². The lowest BCUT2D eigenvalue weighted by Crippen LogP contribution is -2.53. The van der Waals surface area contributed by atoms with Crippen LogP contribution in [0.3, 0.4) is 0 Å². The van der Waals surface area contributed by atoms with Crippen molar-refractivity contribution in [1.82, 2.24) is 4.90 Å². The van der Waals surface area contributed by atoms with E-state index in [1.54, 1.807) is 6.92 Å². The molecule has 0 aliphatic rings. The fraction of sp³-hybridized carbons (Fsp3) is 0.938. The predicted octanol–water partition coefficient (Wildman–Crippen LogP) is 2.80. The standard InChI is InChI=1S/C16H34N2O2/c1-8-14(9-2)18(11-12(3)4)13(5)10-16(6,17)15(19)20-7/h12-14H,8-11,17H2,1-7H3. The van der Waals surface area contributed by atoms with Gasteiger partial charge in [-0.3, -0.25) is 9.69 Å². The minimum Gasteiger partial charge on any atom is -0.468 e. The number of rotatable bonds is 9. The van der Waals surface area contributed by atoms with E-state index in [0.29, 0.717) is 18.4 Å².